The number of sulfonamides is 1. The fraction of sp³-hybridized carbons (Fsp3) is 0.429. The minimum absolute atomic E-state index is 0.0219. The van der Waals surface area contributed by atoms with Gasteiger partial charge in [0.05, 0.1) is 23.4 Å². The monoisotopic (exact) mass is 322 g/mol. The summed E-state index contributed by atoms with van der Waals surface area (Å²) in [6, 6.07) is 7.62. The molecular formula is C14H18N4O3S. The summed E-state index contributed by atoms with van der Waals surface area (Å²) < 4.78 is 22.3. The van der Waals surface area contributed by atoms with Crippen LogP contribution in [0.1, 0.15) is 12.1 Å². The maximum atomic E-state index is 12.4. The molecule has 0 spiro atoms. The van der Waals surface area contributed by atoms with Crippen molar-refractivity contribution in [2.45, 2.75) is 12.8 Å². The van der Waals surface area contributed by atoms with Gasteiger partial charge >= 0.3 is 0 Å². The molecule has 1 fully saturated rings. The number of fused-ring (bicyclic) bond motifs is 1. The molecule has 1 aromatic heterocycles. The summed E-state index contributed by atoms with van der Waals surface area (Å²) >= 11 is 0. The Labute approximate surface area is 128 Å². The van der Waals surface area contributed by atoms with Gasteiger partial charge in [-0.3, -0.25) is 9.89 Å². The van der Waals surface area contributed by atoms with Gasteiger partial charge in [-0.05, 0) is 18.4 Å². The van der Waals surface area contributed by atoms with Gasteiger partial charge in [-0.2, -0.15) is 5.10 Å². The van der Waals surface area contributed by atoms with Gasteiger partial charge in [0.15, 0.2) is 0 Å². The molecule has 1 atom stereocenters. The number of rotatable bonds is 4. The number of nitrogens with one attached hydrogen (secondary N) is 1. The average Bonchev–Trinajstić information content (AvgIpc) is 3.05. The van der Waals surface area contributed by atoms with Crippen molar-refractivity contribution < 1.29 is 13.2 Å². The third-order valence-electron chi connectivity index (χ3n) is 3.98. The maximum Gasteiger partial charge on any atom is 0.228 e. The SMILES string of the molecule is NS(=O)(=O)C[C@H]1CCN(C(=O)Cc2[nH]nc3ccccc23)C1. The lowest BCUT2D eigenvalue weighted by atomic mass is 10.1. The predicted octanol–water partition coefficient (Wildman–Crippen LogP) is 0.242. The standard InChI is InChI=1S/C14H18N4O3S/c15-22(20,21)9-10-5-6-18(8-10)14(19)7-13-11-3-1-2-4-12(11)16-17-13/h1-4,10H,5-9H2,(H,16,17)(H2,15,20,21)/t10-/m0/s1. The molecule has 2 heterocycles. The van der Waals surface area contributed by atoms with Gasteiger partial charge in [-0.1, -0.05) is 18.2 Å². The van der Waals surface area contributed by atoms with Gasteiger partial charge < -0.3 is 4.90 Å². The first-order chi connectivity index (χ1) is 10.4. The zero-order valence-electron chi connectivity index (χ0n) is 12.0. The topological polar surface area (TPSA) is 109 Å². The van der Waals surface area contributed by atoms with E-state index in [1.807, 2.05) is 24.3 Å². The number of amides is 1. The lowest BCUT2D eigenvalue weighted by Crippen LogP contribution is -2.32. The third kappa shape index (κ3) is 3.28. The molecule has 1 aromatic carbocycles. The van der Waals surface area contributed by atoms with Gasteiger partial charge in [0, 0.05) is 18.5 Å². The van der Waals surface area contributed by atoms with Crippen molar-refractivity contribution in [3.63, 3.8) is 0 Å². The number of aromatic nitrogens is 2. The summed E-state index contributed by atoms with van der Waals surface area (Å²) in [6.45, 7) is 1.02. The second kappa shape index (κ2) is 5.69. The number of carbonyl (C=O) groups excluding carboxylic acids is 1. The van der Waals surface area contributed by atoms with Crippen molar-refractivity contribution in [1.82, 2.24) is 15.1 Å². The largest absolute Gasteiger partial charge is 0.342 e. The third-order valence-corrected chi connectivity index (χ3v) is 4.91. The molecule has 1 aliphatic heterocycles. The zero-order valence-corrected chi connectivity index (χ0v) is 12.8. The van der Waals surface area contributed by atoms with Gasteiger partial charge in [-0.25, -0.2) is 13.6 Å². The second-order valence-electron chi connectivity index (χ2n) is 5.72. The molecule has 0 bridgehead atoms. The van der Waals surface area contributed by atoms with Crippen LogP contribution in [0.4, 0.5) is 0 Å². The van der Waals surface area contributed by atoms with Crippen LogP contribution >= 0.6 is 0 Å². The van der Waals surface area contributed by atoms with Gasteiger partial charge in [0.2, 0.25) is 15.9 Å². The summed E-state index contributed by atoms with van der Waals surface area (Å²) in [5, 5.41) is 13.1. The summed E-state index contributed by atoms with van der Waals surface area (Å²) in [5.74, 6) is -0.159. The van der Waals surface area contributed by atoms with Gasteiger partial charge in [-0.15, -0.1) is 0 Å². The van der Waals surface area contributed by atoms with Crippen LogP contribution in [-0.2, 0) is 21.2 Å². The normalized spacial score (nSPS) is 19.0. The molecule has 1 saturated heterocycles. The Morgan fingerprint density at radius 1 is 1.41 bits per heavy atom. The van der Waals surface area contributed by atoms with E-state index in [0.29, 0.717) is 19.5 Å². The molecule has 7 nitrogen and oxygen atoms in total. The van der Waals surface area contributed by atoms with Gasteiger partial charge in [0.25, 0.3) is 0 Å². The van der Waals surface area contributed by atoms with Crippen molar-refractivity contribution in [3.8, 4) is 0 Å². The number of likely N-dealkylation sites (tertiary alicyclic amines) is 1. The highest BCUT2D eigenvalue weighted by Gasteiger charge is 2.29. The number of nitrogens with zero attached hydrogens (tertiary/aromatic N) is 2. The number of hydrogen-bond donors (Lipinski definition) is 2. The van der Waals surface area contributed by atoms with Crippen LogP contribution in [-0.4, -0.2) is 48.3 Å². The Morgan fingerprint density at radius 2 is 2.18 bits per heavy atom. The number of primary sulfonamides is 1. The van der Waals surface area contributed by atoms with Crippen molar-refractivity contribution >= 4 is 26.8 Å². The molecule has 2 aromatic rings. The van der Waals surface area contributed by atoms with Crippen LogP contribution in [0.15, 0.2) is 24.3 Å². The average molecular weight is 322 g/mol. The zero-order chi connectivity index (χ0) is 15.7. The Bertz CT molecular complexity index is 799. The number of nitrogens with two attached hydrogens (primary N) is 1. The van der Waals surface area contributed by atoms with E-state index >= 15 is 0 Å². The second-order valence-corrected chi connectivity index (χ2v) is 7.38. The van der Waals surface area contributed by atoms with E-state index in [1.165, 1.54) is 0 Å². The summed E-state index contributed by atoms with van der Waals surface area (Å²) in [5.41, 5.74) is 1.62. The number of para-hydroxylation sites is 1. The van der Waals surface area contributed by atoms with Crippen molar-refractivity contribution in [2.24, 2.45) is 11.1 Å². The molecule has 3 N–H and O–H groups in total. The number of H-pyrrole nitrogens is 1. The highest BCUT2D eigenvalue weighted by molar-refractivity contribution is 7.89. The highest BCUT2D eigenvalue weighted by Crippen LogP contribution is 2.20. The molecule has 0 saturated carbocycles. The van der Waals surface area contributed by atoms with Crippen LogP contribution in [0.5, 0.6) is 0 Å². The Balaban J connectivity index is 1.66. The molecule has 0 radical (unpaired) electrons. The number of carbonyl (C=O) groups is 1. The van der Waals surface area contributed by atoms with Gasteiger partial charge in [0.1, 0.15) is 0 Å². The van der Waals surface area contributed by atoms with Crippen LogP contribution < -0.4 is 5.14 Å². The lowest BCUT2D eigenvalue weighted by molar-refractivity contribution is -0.129. The summed E-state index contributed by atoms with van der Waals surface area (Å²) in [4.78, 5) is 14.1. The lowest BCUT2D eigenvalue weighted by Gasteiger charge is -2.16. The van der Waals surface area contributed by atoms with Crippen LogP contribution in [0.3, 0.4) is 0 Å². The first-order valence-electron chi connectivity index (χ1n) is 7.12. The van der Waals surface area contributed by atoms with Crippen LogP contribution in [0, 0.1) is 5.92 Å². The van der Waals surface area contributed by atoms with Crippen molar-refractivity contribution in [1.29, 1.82) is 0 Å². The first-order valence-corrected chi connectivity index (χ1v) is 8.84. The number of benzene rings is 1. The molecule has 0 aliphatic carbocycles. The number of hydrogen-bond acceptors (Lipinski definition) is 4. The molecule has 22 heavy (non-hydrogen) atoms. The molecule has 8 heteroatoms. The minimum Gasteiger partial charge on any atom is -0.342 e. The van der Waals surface area contributed by atoms with E-state index < -0.39 is 10.0 Å². The smallest absolute Gasteiger partial charge is 0.228 e. The molecule has 1 amide bonds. The summed E-state index contributed by atoms with van der Waals surface area (Å²) in [7, 11) is -3.49. The Morgan fingerprint density at radius 3 is 2.95 bits per heavy atom. The van der Waals surface area contributed by atoms with E-state index in [1.54, 1.807) is 4.90 Å². The fourth-order valence-electron chi connectivity index (χ4n) is 2.94. The minimum atomic E-state index is -3.49. The number of aromatic amines is 1. The van der Waals surface area contributed by atoms with E-state index in [4.69, 9.17) is 5.14 Å². The first kappa shape index (κ1) is 15.0. The van der Waals surface area contributed by atoms with E-state index in [2.05, 4.69) is 10.2 Å². The van der Waals surface area contributed by atoms with Crippen LogP contribution in [0.25, 0.3) is 10.9 Å². The fourth-order valence-corrected chi connectivity index (χ4v) is 3.86. The maximum absolute atomic E-state index is 12.4. The molecule has 3 rings (SSSR count). The molecule has 0 unspecified atom stereocenters. The molecule has 1 aliphatic rings. The Kier molecular flexibility index (Phi) is 3.88. The van der Waals surface area contributed by atoms with Crippen molar-refractivity contribution in [3.05, 3.63) is 30.0 Å². The highest BCUT2D eigenvalue weighted by atomic mass is 32.2. The van der Waals surface area contributed by atoms with Crippen molar-refractivity contribution in [2.75, 3.05) is 18.8 Å². The molecular weight excluding hydrogens is 304 g/mol. The summed E-state index contributed by atoms with van der Waals surface area (Å²) in [6.07, 6.45) is 0.911. The van der Waals surface area contributed by atoms with E-state index in [-0.39, 0.29) is 24.0 Å². The van der Waals surface area contributed by atoms with E-state index in [9.17, 15) is 13.2 Å². The van der Waals surface area contributed by atoms with Crippen LogP contribution in [0.2, 0.25) is 0 Å². The molecule has 118 valence electrons. The quantitative estimate of drug-likeness (QED) is 0.840. The Hall–Kier alpha value is -1.93. The van der Waals surface area contributed by atoms with E-state index in [0.717, 1.165) is 16.6 Å². The predicted molar refractivity (Wildman–Crippen MR) is 82.5 cm³/mol.